The van der Waals surface area contributed by atoms with E-state index in [0.717, 1.165) is 0 Å². The second kappa shape index (κ2) is 1.47. The van der Waals surface area contributed by atoms with Crippen LogP contribution in [0.1, 0.15) is 6.92 Å². The smallest absolute Gasteiger partial charge is 0.289 e. The first-order chi connectivity index (χ1) is 3.70. The molecule has 1 aliphatic rings. The Morgan fingerprint density at radius 3 is 2.62 bits per heavy atom. The van der Waals surface area contributed by atoms with Gasteiger partial charge in [0.05, 0.1) is 0 Å². The summed E-state index contributed by atoms with van der Waals surface area (Å²) in [6.07, 6.45) is -0.484. The first-order valence-corrected chi connectivity index (χ1v) is 2.26. The van der Waals surface area contributed by atoms with Crippen LogP contribution in [0.25, 0.3) is 0 Å². The van der Waals surface area contributed by atoms with Gasteiger partial charge in [-0.2, -0.15) is 0 Å². The van der Waals surface area contributed by atoms with Crippen molar-refractivity contribution >= 4 is 11.9 Å². The monoisotopic (exact) mass is 114 g/mol. The Morgan fingerprint density at radius 2 is 2.50 bits per heavy atom. The number of amidine groups is 1. The summed E-state index contributed by atoms with van der Waals surface area (Å²) < 4.78 is 4.60. The third-order valence-corrected chi connectivity index (χ3v) is 0.901. The van der Waals surface area contributed by atoms with Gasteiger partial charge >= 0.3 is 0 Å². The molecular weight excluding hydrogens is 108 g/mol. The molecule has 4 nitrogen and oxygen atoms in total. The molecule has 44 valence electrons. The summed E-state index contributed by atoms with van der Waals surface area (Å²) in [5.74, 6) is -0.241. The fourth-order valence-electron chi connectivity index (χ4n) is 0.473. The summed E-state index contributed by atoms with van der Waals surface area (Å²) in [6, 6.07) is -0.150. The summed E-state index contributed by atoms with van der Waals surface area (Å²) >= 11 is 0. The minimum absolute atomic E-state index is 0.150. The highest BCUT2D eigenvalue weighted by molar-refractivity contribution is 6.00. The minimum atomic E-state index is -0.484. The average Bonchev–Trinajstić information content (AvgIpc) is 1.85. The van der Waals surface area contributed by atoms with E-state index >= 15 is 0 Å². The van der Waals surface area contributed by atoms with Gasteiger partial charge in [0.2, 0.25) is 0 Å². The third-order valence-electron chi connectivity index (χ3n) is 0.901. The van der Waals surface area contributed by atoms with Crippen LogP contribution in [-0.2, 0) is 9.53 Å². The molecule has 0 aromatic heterocycles. The number of carbonyl (C=O) groups is 1. The molecule has 1 aliphatic heterocycles. The van der Waals surface area contributed by atoms with Gasteiger partial charge < -0.3 is 4.74 Å². The van der Waals surface area contributed by atoms with Crippen molar-refractivity contribution in [2.24, 2.45) is 0 Å². The number of ether oxygens (including phenoxy) is 1. The quantitative estimate of drug-likeness (QED) is 0.444. The SMILES string of the molecule is CC1OC(=N)NC1=O. The van der Waals surface area contributed by atoms with Gasteiger partial charge in [0.15, 0.2) is 6.10 Å². The molecule has 8 heavy (non-hydrogen) atoms. The van der Waals surface area contributed by atoms with E-state index < -0.39 is 6.10 Å². The molecule has 2 N–H and O–H groups in total. The van der Waals surface area contributed by atoms with Crippen LogP contribution < -0.4 is 5.32 Å². The number of nitrogens with one attached hydrogen (secondary N) is 2. The van der Waals surface area contributed by atoms with Crippen molar-refractivity contribution in [3.63, 3.8) is 0 Å². The summed E-state index contributed by atoms with van der Waals surface area (Å²) in [4.78, 5) is 10.4. The van der Waals surface area contributed by atoms with Gasteiger partial charge in [0.25, 0.3) is 11.9 Å². The van der Waals surface area contributed by atoms with Crippen molar-refractivity contribution in [1.82, 2.24) is 5.32 Å². The predicted molar refractivity (Wildman–Crippen MR) is 26.4 cm³/mol. The maximum Gasteiger partial charge on any atom is 0.289 e. The van der Waals surface area contributed by atoms with Crippen LogP contribution in [0.4, 0.5) is 0 Å². The summed E-state index contributed by atoms with van der Waals surface area (Å²) in [5.41, 5.74) is 0. The van der Waals surface area contributed by atoms with Crippen molar-refractivity contribution in [1.29, 1.82) is 5.41 Å². The summed E-state index contributed by atoms with van der Waals surface area (Å²) in [5, 5.41) is 8.94. The molecule has 0 aromatic carbocycles. The molecule has 1 atom stereocenters. The Balaban J connectivity index is 2.64. The van der Waals surface area contributed by atoms with Crippen LogP contribution in [0, 0.1) is 5.41 Å². The van der Waals surface area contributed by atoms with Crippen molar-refractivity contribution in [3.05, 3.63) is 0 Å². The number of rotatable bonds is 0. The molecule has 1 unspecified atom stereocenters. The topological polar surface area (TPSA) is 62.2 Å². The first-order valence-electron chi connectivity index (χ1n) is 2.26. The lowest BCUT2D eigenvalue weighted by Gasteiger charge is -1.93. The standard InChI is InChI=1S/C4H6N2O2/c1-2-3(7)6-4(5)8-2/h2H,1H3,(H2,5,6,7). The lowest BCUT2D eigenvalue weighted by atomic mass is 10.4. The largest absolute Gasteiger partial charge is 0.452 e. The zero-order valence-electron chi connectivity index (χ0n) is 4.39. The maximum atomic E-state index is 10.4. The van der Waals surface area contributed by atoms with Crippen LogP contribution >= 0.6 is 0 Å². The Labute approximate surface area is 46.3 Å². The highest BCUT2D eigenvalue weighted by Crippen LogP contribution is 1.97. The van der Waals surface area contributed by atoms with Gasteiger partial charge in [-0.1, -0.05) is 0 Å². The van der Waals surface area contributed by atoms with E-state index in [1.807, 2.05) is 0 Å². The minimum Gasteiger partial charge on any atom is -0.452 e. The van der Waals surface area contributed by atoms with E-state index in [9.17, 15) is 4.79 Å². The zero-order chi connectivity index (χ0) is 6.15. The fraction of sp³-hybridized carbons (Fsp3) is 0.500. The lowest BCUT2D eigenvalue weighted by Crippen LogP contribution is -2.22. The Bertz CT molecular complexity index is 143. The maximum absolute atomic E-state index is 10.4. The molecule has 1 fully saturated rings. The molecule has 0 saturated carbocycles. The van der Waals surface area contributed by atoms with Gasteiger partial charge in [-0.15, -0.1) is 0 Å². The van der Waals surface area contributed by atoms with Crippen LogP contribution in [0.3, 0.4) is 0 Å². The molecule has 1 rings (SSSR count). The van der Waals surface area contributed by atoms with Gasteiger partial charge in [0, 0.05) is 0 Å². The number of amides is 1. The number of hydrogen-bond acceptors (Lipinski definition) is 3. The number of carbonyl (C=O) groups excluding carboxylic acids is 1. The highest BCUT2D eigenvalue weighted by atomic mass is 16.5. The van der Waals surface area contributed by atoms with Crippen LogP contribution in [0.15, 0.2) is 0 Å². The van der Waals surface area contributed by atoms with Gasteiger partial charge in [-0.05, 0) is 6.92 Å². The van der Waals surface area contributed by atoms with Gasteiger partial charge in [-0.3, -0.25) is 15.5 Å². The van der Waals surface area contributed by atoms with Crippen LogP contribution in [-0.4, -0.2) is 18.0 Å². The Hall–Kier alpha value is -1.06. The van der Waals surface area contributed by atoms with Crippen molar-refractivity contribution in [2.75, 3.05) is 0 Å². The van der Waals surface area contributed by atoms with Gasteiger partial charge in [0.1, 0.15) is 0 Å². The fourth-order valence-corrected chi connectivity index (χ4v) is 0.473. The van der Waals surface area contributed by atoms with Crippen molar-refractivity contribution in [3.8, 4) is 0 Å². The van der Waals surface area contributed by atoms with Crippen LogP contribution in [0.5, 0.6) is 0 Å². The van der Waals surface area contributed by atoms with E-state index in [0.29, 0.717) is 0 Å². The van der Waals surface area contributed by atoms with Crippen molar-refractivity contribution in [2.45, 2.75) is 13.0 Å². The molecule has 4 heteroatoms. The second-order valence-electron chi connectivity index (χ2n) is 1.58. The van der Waals surface area contributed by atoms with E-state index in [4.69, 9.17) is 5.41 Å². The average molecular weight is 114 g/mol. The van der Waals surface area contributed by atoms with E-state index in [1.165, 1.54) is 0 Å². The molecule has 1 saturated heterocycles. The van der Waals surface area contributed by atoms with Crippen LogP contribution in [0.2, 0.25) is 0 Å². The lowest BCUT2D eigenvalue weighted by molar-refractivity contribution is -0.122. The Morgan fingerprint density at radius 1 is 1.88 bits per heavy atom. The number of hydrogen-bond donors (Lipinski definition) is 2. The van der Waals surface area contributed by atoms with E-state index in [2.05, 4.69) is 10.1 Å². The molecule has 0 aliphatic carbocycles. The van der Waals surface area contributed by atoms with E-state index in [-0.39, 0.29) is 11.9 Å². The normalized spacial score (nSPS) is 27.4. The third kappa shape index (κ3) is 0.641. The van der Waals surface area contributed by atoms with Crippen molar-refractivity contribution < 1.29 is 9.53 Å². The summed E-state index contributed by atoms with van der Waals surface area (Å²) in [7, 11) is 0. The molecule has 0 spiro atoms. The van der Waals surface area contributed by atoms with E-state index in [1.54, 1.807) is 6.92 Å². The first kappa shape index (κ1) is 5.08. The summed E-state index contributed by atoms with van der Waals surface area (Å²) in [6.45, 7) is 1.59. The molecule has 0 radical (unpaired) electrons. The Kier molecular flexibility index (Phi) is 0.932. The molecule has 0 bridgehead atoms. The molecule has 1 amide bonds. The highest BCUT2D eigenvalue weighted by Gasteiger charge is 2.24. The second-order valence-corrected chi connectivity index (χ2v) is 1.58. The van der Waals surface area contributed by atoms with Gasteiger partial charge in [-0.25, -0.2) is 0 Å². The zero-order valence-corrected chi connectivity index (χ0v) is 4.39. The predicted octanol–water partition coefficient (Wildman–Crippen LogP) is -0.544. The molecular formula is C4H6N2O2. The molecule has 1 heterocycles. The molecule has 0 aromatic rings.